The van der Waals surface area contributed by atoms with Crippen LogP contribution in [0.3, 0.4) is 0 Å². The Hall–Kier alpha value is -1.41. The van der Waals surface area contributed by atoms with Crippen molar-refractivity contribution < 1.29 is 4.39 Å². The van der Waals surface area contributed by atoms with Crippen molar-refractivity contribution >= 4 is 41.5 Å². The van der Waals surface area contributed by atoms with E-state index in [2.05, 4.69) is 20.6 Å². The van der Waals surface area contributed by atoms with Crippen molar-refractivity contribution in [2.24, 2.45) is 4.99 Å². The molecule has 7 heteroatoms. The standard InChI is InChI=1S/C17H20ClFN4.HI/c1-2-20-17(23-12-14-5-8-16(18)22-11-14)21-10-9-13-3-6-15(19)7-4-13;/h3-8,11H,2,9-10,12H2,1H3,(H2,20,21,23);1H. The summed E-state index contributed by atoms with van der Waals surface area (Å²) < 4.78 is 12.9. The lowest BCUT2D eigenvalue weighted by molar-refractivity contribution is 0.626. The lowest BCUT2D eigenvalue weighted by atomic mass is 10.1. The maximum atomic E-state index is 12.9. The zero-order chi connectivity index (χ0) is 16.5. The highest BCUT2D eigenvalue weighted by Crippen LogP contribution is 2.06. The second-order valence-corrected chi connectivity index (χ2v) is 5.37. The summed E-state index contributed by atoms with van der Waals surface area (Å²) in [5.41, 5.74) is 2.07. The van der Waals surface area contributed by atoms with E-state index in [-0.39, 0.29) is 29.8 Å². The molecule has 0 aliphatic rings. The second kappa shape index (κ2) is 11.2. The van der Waals surface area contributed by atoms with Crippen molar-refractivity contribution in [1.29, 1.82) is 0 Å². The summed E-state index contributed by atoms with van der Waals surface area (Å²) in [6.45, 7) is 4.04. The molecule has 1 aromatic heterocycles. The number of rotatable bonds is 6. The average Bonchev–Trinajstić information content (AvgIpc) is 2.56. The van der Waals surface area contributed by atoms with Crippen LogP contribution in [0.2, 0.25) is 5.15 Å². The van der Waals surface area contributed by atoms with Crippen molar-refractivity contribution in [2.75, 3.05) is 13.1 Å². The largest absolute Gasteiger partial charge is 0.357 e. The molecular formula is C17H21ClFIN4. The van der Waals surface area contributed by atoms with E-state index < -0.39 is 0 Å². The molecule has 2 aromatic rings. The van der Waals surface area contributed by atoms with Gasteiger partial charge in [-0.3, -0.25) is 0 Å². The molecule has 0 aliphatic carbocycles. The minimum atomic E-state index is -0.215. The van der Waals surface area contributed by atoms with Gasteiger partial charge in [-0.05, 0) is 42.7 Å². The predicted octanol–water partition coefficient (Wildman–Crippen LogP) is 3.79. The van der Waals surface area contributed by atoms with E-state index in [4.69, 9.17) is 11.6 Å². The lowest BCUT2D eigenvalue weighted by Gasteiger charge is -2.11. The Morgan fingerprint density at radius 3 is 2.46 bits per heavy atom. The molecule has 130 valence electrons. The van der Waals surface area contributed by atoms with Gasteiger partial charge >= 0.3 is 0 Å². The first-order chi connectivity index (χ1) is 11.2. The van der Waals surface area contributed by atoms with Gasteiger partial charge in [0.05, 0.1) is 6.54 Å². The number of nitrogens with zero attached hydrogens (tertiary/aromatic N) is 2. The van der Waals surface area contributed by atoms with E-state index in [0.29, 0.717) is 11.7 Å². The van der Waals surface area contributed by atoms with Crippen LogP contribution in [0.15, 0.2) is 47.6 Å². The van der Waals surface area contributed by atoms with Crippen LogP contribution >= 0.6 is 35.6 Å². The SMILES string of the molecule is CCNC(=NCc1ccc(Cl)nc1)NCCc1ccc(F)cc1.I. The average molecular weight is 463 g/mol. The number of hydrogen-bond acceptors (Lipinski definition) is 2. The predicted molar refractivity (Wildman–Crippen MR) is 108 cm³/mol. The first-order valence-corrected chi connectivity index (χ1v) is 7.92. The maximum absolute atomic E-state index is 12.9. The van der Waals surface area contributed by atoms with Crippen LogP contribution in [0.25, 0.3) is 0 Å². The van der Waals surface area contributed by atoms with Gasteiger partial charge in [0, 0.05) is 19.3 Å². The van der Waals surface area contributed by atoms with Crippen LogP contribution in [-0.4, -0.2) is 24.0 Å². The summed E-state index contributed by atoms with van der Waals surface area (Å²) in [5.74, 6) is 0.526. The van der Waals surface area contributed by atoms with Crippen molar-refractivity contribution in [2.45, 2.75) is 19.9 Å². The molecule has 0 fully saturated rings. The smallest absolute Gasteiger partial charge is 0.191 e. The second-order valence-electron chi connectivity index (χ2n) is 4.99. The molecule has 0 atom stereocenters. The van der Waals surface area contributed by atoms with Crippen LogP contribution in [0.4, 0.5) is 4.39 Å². The summed E-state index contributed by atoms with van der Waals surface area (Å²) >= 11 is 5.77. The van der Waals surface area contributed by atoms with E-state index >= 15 is 0 Å². The molecule has 1 heterocycles. The Morgan fingerprint density at radius 2 is 1.83 bits per heavy atom. The number of pyridine rings is 1. The zero-order valence-electron chi connectivity index (χ0n) is 13.4. The number of benzene rings is 1. The van der Waals surface area contributed by atoms with Gasteiger partial charge in [-0.2, -0.15) is 0 Å². The normalized spacial score (nSPS) is 10.9. The van der Waals surface area contributed by atoms with Crippen LogP contribution < -0.4 is 10.6 Å². The minimum Gasteiger partial charge on any atom is -0.357 e. The highest BCUT2D eigenvalue weighted by Gasteiger charge is 1.99. The Morgan fingerprint density at radius 1 is 1.12 bits per heavy atom. The fraction of sp³-hybridized carbons (Fsp3) is 0.294. The van der Waals surface area contributed by atoms with Crippen molar-refractivity contribution in [3.63, 3.8) is 0 Å². The Labute approximate surface area is 164 Å². The number of aliphatic imine (C=N–C) groups is 1. The Balaban J connectivity index is 0.00000288. The summed E-state index contributed by atoms with van der Waals surface area (Å²) in [6.07, 6.45) is 2.51. The molecule has 0 radical (unpaired) electrons. The molecule has 1 aromatic carbocycles. The third kappa shape index (κ3) is 7.44. The Kier molecular flexibility index (Phi) is 9.63. The van der Waals surface area contributed by atoms with E-state index in [1.54, 1.807) is 24.4 Å². The molecule has 24 heavy (non-hydrogen) atoms. The van der Waals surface area contributed by atoms with Gasteiger partial charge in [0.1, 0.15) is 11.0 Å². The number of hydrogen-bond donors (Lipinski definition) is 2. The summed E-state index contributed by atoms with van der Waals surface area (Å²) in [7, 11) is 0. The van der Waals surface area contributed by atoms with Gasteiger partial charge in [-0.15, -0.1) is 24.0 Å². The summed E-state index contributed by atoms with van der Waals surface area (Å²) in [4.78, 5) is 8.55. The van der Waals surface area contributed by atoms with Crippen LogP contribution in [-0.2, 0) is 13.0 Å². The van der Waals surface area contributed by atoms with Gasteiger partial charge in [-0.1, -0.05) is 29.8 Å². The molecule has 0 bridgehead atoms. The third-order valence-electron chi connectivity index (χ3n) is 3.17. The van der Waals surface area contributed by atoms with Gasteiger partial charge in [-0.25, -0.2) is 14.4 Å². The first kappa shape index (κ1) is 20.6. The van der Waals surface area contributed by atoms with Crippen LogP contribution in [0, 0.1) is 5.82 Å². The number of halogens is 3. The monoisotopic (exact) mass is 462 g/mol. The zero-order valence-corrected chi connectivity index (χ0v) is 16.5. The molecule has 0 unspecified atom stereocenters. The van der Waals surface area contributed by atoms with Crippen molar-refractivity contribution in [3.8, 4) is 0 Å². The number of guanidine groups is 1. The molecule has 4 nitrogen and oxygen atoms in total. The van der Waals surface area contributed by atoms with E-state index in [0.717, 1.165) is 36.6 Å². The van der Waals surface area contributed by atoms with Gasteiger partial charge in [0.15, 0.2) is 5.96 Å². The summed E-state index contributed by atoms with van der Waals surface area (Å²) in [6, 6.07) is 10.2. The Bertz CT molecular complexity index is 632. The van der Waals surface area contributed by atoms with Gasteiger partial charge in [0.25, 0.3) is 0 Å². The summed E-state index contributed by atoms with van der Waals surface area (Å²) in [5, 5.41) is 6.93. The van der Waals surface area contributed by atoms with Crippen LogP contribution in [0.5, 0.6) is 0 Å². The lowest BCUT2D eigenvalue weighted by Crippen LogP contribution is -2.38. The van der Waals surface area contributed by atoms with Crippen molar-refractivity contribution in [3.05, 3.63) is 64.7 Å². The molecule has 0 amide bonds. The number of nitrogens with one attached hydrogen (secondary N) is 2. The fourth-order valence-electron chi connectivity index (χ4n) is 1.99. The molecule has 2 rings (SSSR count). The third-order valence-corrected chi connectivity index (χ3v) is 3.40. The maximum Gasteiger partial charge on any atom is 0.191 e. The van der Waals surface area contributed by atoms with E-state index in [1.165, 1.54) is 12.1 Å². The fourth-order valence-corrected chi connectivity index (χ4v) is 2.10. The highest BCUT2D eigenvalue weighted by atomic mass is 127. The van der Waals surface area contributed by atoms with E-state index in [1.807, 2.05) is 13.0 Å². The van der Waals surface area contributed by atoms with E-state index in [9.17, 15) is 4.39 Å². The quantitative estimate of drug-likeness (QED) is 0.297. The van der Waals surface area contributed by atoms with Crippen molar-refractivity contribution in [1.82, 2.24) is 15.6 Å². The molecule has 0 saturated carbocycles. The molecule has 0 spiro atoms. The molecule has 0 aliphatic heterocycles. The topological polar surface area (TPSA) is 49.3 Å². The van der Waals surface area contributed by atoms with Crippen LogP contribution in [0.1, 0.15) is 18.1 Å². The van der Waals surface area contributed by atoms with Gasteiger partial charge in [0.2, 0.25) is 0 Å². The highest BCUT2D eigenvalue weighted by molar-refractivity contribution is 14.0. The van der Waals surface area contributed by atoms with Gasteiger partial charge < -0.3 is 10.6 Å². The molecular weight excluding hydrogens is 442 g/mol. The number of aromatic nitrogens is 1. The molecule has 2 N–H and O–H groups in total. The molecule has 0 saturated heterocycles. The minimum absolute atomic E-state index is 0. The first-order valence-electron chi connectivity index (χ1n) is 7.54.